The fraction of sp³-hybridized carbons (Fsp3) is 0.455. The Kier molecular flexibility index (Phi) is 3.64. The highest BCUT2D eigenvalue weighted by molar-refractivity contribution is 6.02. The molecule has 0 aliphatic heterocycles. The van der Waals surface area contributed by atoms with Crippen molar-refractivity contribution in [2.45, 2.75) is 25.7 Å². The highest BCUT2D eigenvalue weighted by Gasteiger charge is 2.26. The van der Waals surface area contributed by atoms with Crippen LogP contribution in [0.1, 0.15) is 25.7 Å². The number of hydrogen-bond acceptors (Lipinski definition) is 5. The topological polar surface area (TPSA) is 87.5 Å². The molecular weight excluding hydrogens is 220 g/mol. The van der Waals surface area contributed by atoms with Crippen LogP contribution in [0.4, 0.5) is 5.82 Å². The molecule has 1 atom stereocenters. The molecule has 6 heteroatoms. The molecule has 1 aromatic heterocycles. The summed E-state index contributed by atoms with van der Waals surface area (Å²) >= 11 is 0. The molecule has 17 heavy (non-hydrogen) atoms. The molecule has 0 aromatic carbocycles. The van der Waals surface area contributed by atoms with Crippen molar-refractivity contribution in [3.05, 3.63) is 18.3 Å². The van der Waals surface area contributed by atoms with E-state index in [4.69, 9.17) is 5.11 Å². The summed E-state index contributed by atoms with van der Waals surface area (Å²) in [6.45, 7) is 0. The molecule has 2 N–H and O–H groups in total. The van der Waals surface area contributed by atoms with Crippen molar-refractivity contribution in [1.82, 2.24) is 10.2 Å². The lowest BCUT2D eigenvalue weighted by atomic mass is 9.87. The van der Waals surface area contributed by atoms with Gasteiger partial charge in [0.2, 0.25) is 0 Å². The van der Waals surface area contributed by atoms with Crippen molar-refractivity contribution in [2.24, 2.45) is 11.0 Å². The van der Waals surface area contributed by atoms with Crippen LogP contribution in [0.2, 0.25) is 0 Å². The Hall–Kier alpha value is -1.98. The minimum absolute atomic E-state index is 0.465. The highest BCUT2D eigenvalue weighted by atomic mass is 16.4. The van der Waals surface area contributed by atoms with Crippen molar-refractivity contribution in [1.29, 1.82) is 0 Å². The van der Waals surface area contributed by atoms with Crippen molar-refractivity contribution >= 4 is 17.5 Å². The number of carboxylic acid groups (broad SMARTS) is 1. The van der Waals surface area contributed by atoms with Gasteiger partial charge in [-0.05, 0) is 31.4 Å². The molecule has 1 aromatic rings. The quantitative estimate of drug-likeness (QED) is 0.774. The Morgan fingerprint density at radius 2 is 2.41 bits per heavy atom. The van der Waals surface area contributed by atoms with Gasteiger partial charge in [0.1, 0.15) is 0 Å². The van der Waals surface area contributed by atoms with E-state index in [1.165, 1.54) is 0 Å². The van der Waals surface area contributed by atoms with E-state index in [1.54, 1.807) is 18.3 Å². The average Bonchev–Trinajstić information content (AvgIpc) is 2.38. The molecule has 1 heterocycles. The zero-order valence-electron chi connectivity index (χ0n) is 9.33. The lowest BCUT2D eigenvalue weighted by Crippen LogP contribution is -2.27. The summed E-state index contributed by atoms with van der Waals surface area (Å²) in [6, 6.07) is 3.47. The van der Waals surface area contributed by atoms with Gasteiger partial charge in [-0.25, -0.2) is 0 Å². The van der Waals surface area contributed by atoms with Crippen LogP contribution >= 0.6 is 0 Å². The Bertz CT molecular complexity index is 419. The van der Waals surface area contributed by atoms with E-state index in [-0.39, 0.29) is 0 Å². The molecule has 0 radical (unpaired) electrons. The molecule has 1 fully saturated rings. The molecule has 1 unspecified atom stereocenters. The summed E-state index contributed by atoms with van der Waals surface area (Å²) < 4.78 is 0. The second kappa shape index (κ2) is 5.38. The first kappa shape index (κ1) is 11.5. The Labute approximate surface area is 98.8 Å². The monoisotopic (exact) mass is 234 g/mol. The molecule has 90 valence electrons. The number of carbonyl (C=O) groups is 1. The minimum atomic E-state index is -0.801. The van der Waals surface area contributed by atoms with Crippen LogP contribution in [-0.2, 0) is 4.79 Å². The molecule has 0 saturated heterocycles. The van der Waals surface area contributed by atoms with E-state index in [2.05, 4.69) is 20.7 Å². The van der Waals surface area contributed by atoms with Gasteiger partial charge in [0.25, 0.3) is 0 Å². The van der Waals surface area contributed by atoms with Gasteiger partial charge in [0, 0.05) is 6.20 Å². The van der Waals surface area contributed by atoms with E-state index in [0.717, 1.165) is 19.3 Å². The molecule has 0 bridgehead atoms. The molecule has 0 amide bonds. The molecular formula is C11H14N4O2. The third-order valence-corrected chi connectivity index (χ3v) is 2.76. The van der Waals surface area contributed by atoms with Crippen LogP contribution < -0.4 is 5.43 Å². The van der Waals surface area contributed by atoms with Gasteiger partial charge in [0.05, 0.1) is 11.6 Å². The van der Waals surface area contributed by atoms with E-state index in [0.29, 0.717) is 18.0 Å². The van der Waals surface area contributed by atoms with Crippen LogP contribution in [0, 0.1) is 5.92 Å². The predicted molar refractivity (Wildman–Crippen MR) is 62.7 cm³/mol. The summed E-state index contributed by atoms with van der Waals surface area (Å²) in [6.07, 6.45) is 4.89. The van der Waals surface area contributed by atoms with E-state index < -0.39 is 11.9 Å². The summed E-state index contributed by atoms with van der Waals surface area (Å²) in [4.78, 5) is 11.0. The summed E-state index contributed by atoms with van der Waals surface area (Å²) in [5, 5.41) is 20.7. The second-order valence-corrected chi connectivity index (χ2v) is 3.96. The van der Waals surface area contributed by atoms with Crippen LogP contribution in [0.25, 0.3) is 0 Å². The number of hydrogen-bond donors (Lipinski definition) is 2. The van der Waals surface area contributed by atoms with Gasteiger partial charge in [-0.15, -0.1) is 5.10 Å². The summed E-state index contributed by atoms with van der Waals surface area (Å²) in [7, 11) is 0. The number of nitrogens with one attached hydrogen (secondary N) is 1. The number of aromatic nitrogens is 2. The number of rotatable bonds is 3. The minimum Gasteiger partial charge on any atom is -0.481 e. The van der Waals surface area contributed by atoms with Gasteiger partial charge in [0.15, 0.2) is 5.82 Å². The van der Waals surface area contributed by atoms with Gasteiger partial charge in [-0.2, -0.15) is 10.2 Å². The third-order valence-electron chi connectivity index (χ3n) is 2.76. The number of carboxylic acids is 1. The van der Waals surface area contributed by atoms with Crippen molar-refractivity contribution in [2.75, 3.05) is 5.43 Å². The highest BCUT2D eigenvalue weighted by Crippen LogP contribution is 2.22. The Balaban J connectivity index is 2.06. The van der Waals surface area contributed by atoms with Crippen LogP contribution in [0.3, 0.4) is 0 Å². The van der Waals surface area contributed by atoms with Crippen molar-refractivity contribution in [3.8, 4) is 0 Å². The zero-order valence-corrected chi connectivity index (χ0v) is 9.33. The zero-order chi connectivity index (χ0) is 12.1. The van der Waals surface area contributed by atoms with Gasteiger partial charge in [-0.3, -0.25) is 10.2 Å². The van der Waals surface area contributed by atoms with Crippen LogP contribution in [0.15, 0.2) is 23.4 Å². The molecule has 1 aliphatic carbocycles. The number of hydrazone groups is 1. The molecule has 6 nitrogen and oxygen atoms in total. The molecule has 2 rings (SSSR count). The van der Waals surface area contributed by atoms with Gasteiger partial charge < -0.3 is 5.11 Å². The first-order chi connectivity index (χ1) is 8.27. The lowest BCUT2D eigenvalue weighted by Gasteiger charge is -2.20. The number of nitrogens with zero attached hydrogens (tertiary/aromatic N) is 3. The van der Waals surface area contributed by atoms with Crippen LogP contribution in [0.5, 0.6) is 0 Å². The van der Waals surface area contributed by atoms with Crippen molar-refractivity contribution in [3.63, 3.8) is 0 Å². The smallest absolute Gasteiger partial charge is 0.312 e. The van der Waals surface area contributed by atoms with E-state index in [1.807, 2.05) is 0 Å². The normalized spacial score (nSPS) is 22.4. The fourth-order valence-electron chi connectivity index (χ4n) is 1.89. The maximum absolute atomic E-state index is 11.0. The number of aliphatic carboxylic acids is 1. The average molecular weight is 234 g/mol. The number of anilines is 1. The SMILES string of the molecule is O=C(O)C1CCCCC1=NNc1cccnn1. The fourth-order valence-corrected chi connectivity index (χ4v) is 1.89. The molecule has 1 saturated carbocycles. The lowest BCUT2D eigenvalue weighted by molar-refractivity contribution is -0.139. The van der Waals surface area contributed by atoms with Crippen molar-refractivity contribution < 1.29 is 9.90 Å². The van der Waals surface area contributed by atoms with Gasteiger partial charge in [-0.1, -0.05) is 6.42 Å². The summed E-state index contributed by atoms with van der Waals surface area (Å²) in [5.74, 6) is -0.743. The molecule has 1 aliphatic rings. The van der Waals surface area contributed by atoms with E-state index >= 15 is 0 Å². The maximum Gasteiger partial charge on any atom is 0.312 e. The standard InChI is InChI=1S/C11H14N4O2/c16-11(17)8-4-1-2-5-9(8)13-15-10-6-3-7-12-14-10/h3,6-8H,1-2,4-5H2,(H,14,15)(H,16,17). The van der Waals surface area contributed by atoms with Crippen LogP contribution in [-0.4, -0.2) is 27.0 Å². The Morgan fingerprint density at radius 3 is 3.12 bits per heavy atom. The second-order valence-electron chi connectivity index (χ2n) is 3.96. The predicted octanol–water partition coefficient (Wildman–Crippen LogP) is 1.52. The third kappa shape index (κ3) is 2.99. The first-order valence-corrected chi connectivity index (χ1v) is 5.60. The first-order valence-electron chi connectivity index (χ1n) is 5.60. The summed E-state index contributed by atoms with van der Waals surface area (Å²) in [5.41, 5.74) is 3.44. The largest absolute Gasteiger partial charge is 0.481 e. The van der Waals surface area contributed by atoms with Gasteiger partial charge >= 0.3 is 5.97 Å². The Morgan fingerprint density at radius 1 is 1.53 bits per heavy atom. The van der Waals surface area contributed by atoms with E-state index in [9.17, 15) is 4.79 Å². The maximum atomic E-state index is 11.0. The molecule has 0 spiro atoms.